The Morgan fingerprint density at radius 2 is 2.06 bits per heavy atom. The quantitative estimate of drug-likeness (QED) is 0.380. The molecule has 1 atom stereocenters. The van der Waals surface area contributed by atoms with Crippen LogP contribution in [0.2, 0.25) is 0 Å². The van der Waals surface area contributed by atoms with Crippen LogP contribution in [0.15, 0.2) is 23.2 Å². The molecule has 8 nitrogen and oxygen atoms in total. The van der Waals surface area contributed by atoms with Crippen LogP contribution in [0.5, 0.6) is 5.75 Å². The average Bonchev–Trinajstić information content (AvgIpc) is 3.33. The van der Waals surface area contributed by atoms with E-state index in [2.05, 4.69) is 4.99 Å². The molecule has 1 saturated carbocycles. The molecule has 1 unspecified atom stereocenters. The predicted molar refractivity (Wildman–Crippen MR) is 128 cm³/mol. The molecule has 0 spiro atoms. The van der Waals surface area contributed by atoms with Gasteiger partial charge in [0, 0.05) is 25.6 Å². The number of hydrogen-bond donors (Lipinski definition) is 1. The van der Waals surface area contributed by atoms with Crippen molar-refractivity contribution in [1.82, 2.24) is 9.80 Å². The van der Waals surface area contributed by atoms with Gasteiger partial charge in [-0.1, -0.05) is 32.8 Å². The summed E-state index contributed by atoms with van der Waals surface area (Å²) in [7, 11) is 1.93. The lowest BCUT2D eigenvalue weighted by Crippen LogP contribution is -2.47. The Morgan fingerprint density at radius 3 is 2.76 bits per heavy atom. The SMILES string of the molecule is CC(C)COC(C=O)N1Cc2ccc(OCCCCC(=O)N(C)C3CCCC3)cc2N=C1N. The van der Waals surface area contributed by atoms with Crippen molar-refractivity contribution < 1.29 is 19.1 Å². The molecule has 1 heterocycles. The molecule has 1 aliphatic carbocycles. The standard InChI is InChI=1S/C25H38N4O4/c1-18(2)17-33-24(16-30)29-15-19-11-12-21(14-22(19)27-25(29)26)32-13-7-6-10-23(31)28(3)20-8-4-5-9-20/h11-12,14,16,18,20,24H,4-10,13,15,17H2,1-3H3,(H2,26,27). The van der Waals surface area contributed by atoms with Gasteiger partial charge in [0.15, 0.2) is 18.5 Å². The van der Waals surface area contributed by atoms with Crippen LogP contribution in [0.25, 0.3) is 0 Å². The number of nitrogens with zero attached hydrogens (tertiary/aromatic N) is 3. The van der Waals surface area contributed by atoms with Crippen LogP contribution in [0.1, 0.15) is 64.4 Å². The summed E-state index contributed by atoms with van der Waals surface area (Å²) >= 11 is 0. The molecule has 0 saturated heterocycles. The zero-order chi connectivity index (χ0) is 23.8. The number of carbonyl (C=O) groups excluding carboxylic acids is 2. The maximum absolute atomic E-state index is 12.3. The smallest absolute Gasteiger partial charge is 0.222 e. The highest BCUT2D eigenvalue weighted by molar-refractivity contribution is 5.85. The largest absolute Gasteiger partial charge is 0.494 e. The van der Waals surface area contributed by atoms with Crippen molar-refractivity contribution in [1.29, 1.82) is 0 Å². The van der Waals surface area contributed by atoms with Crippen molar-refractivity contribution in [3.8, 4) is 5.75 Å². The Hall–Kier alpha value is -2.61. The van der Waals surface area contributed by atoms with Gasteiger partial charge in [0.1, 0.15) is 5.75 Å². The zero-order valence-electron chi connectivity index (χ0n) is 20.2. The summed E-state index contributed by atoms with van der Waals surface area (Å²) < 4.78 is 11.6. The molecule has 0 radical (unpaired) electrons. The van der Waals surface area contributed by atoms with E-state index >= 15 is 0 Å². The minimum atomic E-state index is -0.754. The molecule has 1 aliphatic heterocycles. The Morgan fingerprint density at radius 1 is 1.30 bits per heavy atom. The number of carbonyl (C=O) groups is 2. The Bertz CT molecular complexity index is 836. The molecule has 0 aromatic heterocycles. The van der Waals surface area contributed by atoms with Crippen LogP contribution in [0, 0.1) is 5.92 Å². The minimum Gasteiger partial charge on any atom is -0.494 e. The summed E-state index contributed by atoms with van der Waals surface area (Å²) in [5, 5.41) is 0. The minimum absolute atomic E-state index is 0.232. The summed E-state index contributed by atoms with van der Waals surface area (Å²) in [6.45, 7) is 5.51. The monoisotopic (exact) mass is 458 g/mol. The number of guanidine groups is 1. The number of benzene rings is 1. The van der Waals surface area contributed by atoms with Gasteiger partial charge in [-0.3, -0.25) is 9.59 Å². The number of unbranched alkanes of at least 4 members (excludes halogenated alkanes) is 1. The van der Waals surface area contributed by atoms with Crippen molar-refractivity contribution in [3.63, 3.8) is 0 Å². The highest BCUT2D eigenvalue weighted by Gasteiger charge is 2.26. The van der Waals surface area contributed by atoms with Gasteiger partial charge in [-0.15, -0.1) is 0 Å². The van der Waals surface area contributed by atoms with E-state index in [9.17, 15) is 9.59 Å². The van der Waals surface area contributed by atoms with Crippen LogP contribution in [0.3, 0.4) is 0 Å². The van der Waals surface area contributed by atoms with Crippen LogP contribution in [-0.2, 0) is 20.9 Å². The second kappa shape index (κ2) is 12.0. The molecule has 182 valence electrons. The number of fused-ring (bicyclic) bond motifs is 1. The van der Waals surface area contributed by atoms with E-state index in [1.165, 1.54) is 12.8 Å². The fourth-order valence-electron chi connectivity index (χ4n) is 4.28. The Balaban J connectivity index is 1.45. The average molecular weight is 459 g/mol. The Labute approximate surface area is 197 Å². The zero-order valence-corrected chi connectivity index (χ0v) is 20.2. The molecular formula is C25H38N4O4. The number of aliphatic imine (C=N–C) groups is 1. The first-order valence-corrected chi connectivity index (χ1v) is 12.1. The summed E-state index contributed by atoms with van der Waals surface area (Å²) in [5.41, 5.74) is 7.82. The number of aldehydes is 1. The van der Waals surface area contributed by atoms with Gasteiger partial charge in [0.05, 0.1) is 25.4 Å². The maximum Gasteiger partial charge on any atom is 0.222 e. The van der Waals surface area contributed by atoms with E-state index in [1.807, 2.05) is 44.0 Å². The van der Waals surface area contributed by atoms with Crippen molar-refractivity contribution in [2.75, 3.05) is 20.3 Å². The molecular weight excluding hydrogens is 420 g/mol. The third-order valence-electron chi connectivity index (χ3n) is 6.27. The Kier molecular flexibility index (Phi) is 9.11. The number of ether oxygens (including phenoxy) is 2. The maximum atomic E-state index is 12.3. The van der Waals surface area contributed by atoms with E-state index in [0.717, 1.165) is 49.0 Å². The van der Waals surface area contributed by atoms with Gasteiger partial charge in [-0.05, 0) is 43.2 Å². The van der Waals surface area contributed by atoms with Crippen LogP contribution >= 0.6 is 0 Å². The topological polar surface area (TPSA) is 97.5 Å². The molecule has 1 fully saturated rings. The van der Waals surface area contributed by atoms with E-state index in [1.54, 1.807) is 4.90 Å². The number of nitrogens with two attached hydrogens (primary N) is 1. The van der Waals surface area contributed by atoms with E-state index in [0.29, 0.717) is 38.1 Å². The van der Waals surface area contributed by atoms with Gasteiger partial charge in [-0.2, -0.15) is 0 Å². The van der Waals surface area contributed by atoms with Gasteiger partial charge in [0.25, 0.3) is 0 Å². The summed E-state index contributed by atoms with van der Waals surface area (Å²) in [6.07, 6.45) is 6.92. The predicted octanol–water partition coefficient (Wildman–Crippen LogP) is 3.60. The third kappa shape index (κ3) is 6.93. The summed E-state index contributed by atoms with van der Waals surface area (Å²) in [6, 6.07) is 6.14. The first-order chi connectivity index (χ1) is 15.9. The van der Waals surface area contributed by atoms with Crippen molar-refractivity contribution in [3.05, 3.63) is 23.8 Å². The number of hydrogen-bond acceptors (Lipinski definition) is 7. The van der Waals surface area contributed by atoms with Crippen molar-refractivity contribution >= 4 is 23.8 Å². The second-order valence-electron chi connectivity index (χ2n) is 9.39. The molecule has 0 bridgehead atoms. The summed E-state index contributed by atoms with van der Waals surface area (Å²) in [4.78, 5) is 31.9. The molecule has 33 heavy (non-hydrogen) atoms. The van der Waals surface area contributed by atoms with E-state index in [-0.39, 0.29) is 11.9 Å². The molecule has 8 heteroatoms. The second-order valence-corrected chi connectivity index (χ2v) is 9.39. The molecule has 1 amide bonds. The lowest BCUT2D eigenvalue weighted by molar-refractivity contribution is -0.132. The number of rotatable bonds is 12. The van der Waals surface area contributed by atoms with Crippen molar-refractivity contribution in [2.24, 2.45) is 16.6 Å². The van der Waals surface area contributed by atoms with Crippen LogP contribution < -0.4 is 10.5 Å². The molecule has 1 aromatic rings. The lowest BCUT2D eigenvalue weighted by atomic mass is 10.1. The highest BCUT2D eigenvalue weighted by atomic mass is 16.5. The summed E-state index contributed by atoms with van der Waals surface area (Å²) in [5.74, 6) is 1.52. The van der Waals surface area contributed by atoms with Gasteiger partial charge >= 0.3 is 0 Å². The van der Waals surface area contributed by atoms with E-state index in [4.69, 9.17) is 15.2 Å². The van der Waals surface area contributed by atoms with Gasteiger partial charge in [0.2, 0.25) is 5.91 Å². The highest BCUT2D eigenvalue weighted by Crippen LogP contribution is 2.30. The lowest BCUT2D eigenvalue weighted by Gasteiger charge is -2.32. The molecule has 1 aromatic carbocycles. The van der Waals surface area contributed by atoms with Crippen LogP contribution in [0.4, 0.5) is 5.69 Å². The first kappa shape index (κ1) is 25.0. The molecule has 3 rings (SSSR count). The fourth-order valence-corrected chi connectivity index (χ4v) is 4.28. The number of amides is 1. The fraction of sp³-hybridized carbons (Fsp3) is 0.640. The van der Waals surface area contributed by atoms with Crippen LogP contribution in [-0.4, -0.2) is 60.5 Å². The normalized spacial score (nSPS) is 17.0. The third-order valence-corrected chi connectivity index (χ3v) is 6.27. The van der Waals surface area contributed by atoms with Gasteiger partial charge in [-0.25, -0.2) is 4.99 Å². The molecule has 2 aliphatic rings. The van der Waals surface area contributed by atoms with Crippen molar-refractivity contribution in [2.45, 2.75) is 77.6 Å². The van der Waals surface area contributed by atoms with Gasteiger partial charge < -0.3 is 25.0 Å². The molecule has 2 N–H and O–H groups in total. The van der Waals surface area contributed by atoms with E-state index < -0.39 is 6.23 Å². The first-order valence-electron chi connectivity index (χ1n) is 12.1.